The van der Waals surface area contributed by atoms with Crippen molar-refractivity contribution in [1.29, 1.82) is 0 Å². The third kappa shape index (κ3) is 4.84. The molecule has 1 saturated heterocycles. The lowest BCUT2D eigenvalue weighted by atomic mass is 9.72. The molecule has 0 amide bonds. The predicted octanol–water partition coefficient (Wildman–Crippen LogP) is 3.70. The molecule has 174 valence electrons. The second-order valence-electron chi connectivity index (χ2n) is 8.53. The Morgan fingerprint density at radius 1 is 1.09 bits per heavy atom. The largest absolute Gasteiger partial charge is 0.490 e. The van der Waals surface area contributed by atoms with Crippen LogP contribution in [0.1, 0.15) is 25.7 Å². The van der Waals surface area contributed by atoms with Gasteiger partial charge in [0, 0.05) is 5.56 Å². The monoisotopic (exact) mass is 473 g/mol. The lowest BCUT2D eigenvalue weighted by Gasteiger charge is -2.41. The summed E-state index contributed by atoms with van der Waals surface area (Å²) in [6.07, 6.45) is 3.17. The SMILES string of the molecule is Cl.O=C(O)[C@@H]1C[C@@H]2C[C@@H](Oc3cc(-c4ccccc4F)ccc3-c3nn[nH]n3)CC[C@H]2CN1. The summed E-state index contributed by atoms with van der Waals surface area (Å²) in [6, 6.07) is 11.6. The van der Waals surface area contributed by atoms with E-state index < -0.39 is 12.0 Å². The number of aliphatic carboxylic acids is 1. The van der Waals surface area contributed by atoms with Crippen LogP contribution in [0.4, 0.5) is 4.39 Å². The first kappa shape index (κ1) is 23.1. The van der Waals surface area contributed by atoms with Gasteiger partial charge in [-0.25, -0.2) is 4.39 Å². The van der Waals surface area contributed by atoms with E-state index in [0.717, 1.165) is 25.8 Å². The molecule has 2 heterocycles. The number of hydrogen-bond acceptors (Lipinski definition) is 6. The van der Waals surface area contributed by atoms with Gasteiger partial charge in [-0.2, -0.15) is 5.21 Å². The normalized spacial score (nSPS) is 24.4. The van der Waals surface area contributed by atoms with Gasteiger partial charge in [0.2, 0.25) is 5.82 Å². The highest BCUT2D eigenvalue weighted by Gasteiger charge is 2.38. The molecule has 5 rings (SSSR count). The average Bonchev–Trinajstić information content (AvgIpc) is 3.33. The molecule has 3 N–H and O–H groups in total. The zero-order chi connectivity index (χ0) is 22.1. The molecule has 33 heavy (non-hydrogen) atoms. The van der Waals surface area contributed by atoms with Gasteiger partial charge < -0.3 is 15.2 Å². The van der Waals surface area contributed by atoms with Crippen LogP contribution >= 0.6 is 12.4 Å². The predicted molar refractivity (Wildman–Crippen MR) is 122 cm³/mol. The van der Waals surface area contributed by atoms with Gasteiger partial charge in [0.1, 0.15) is 17.6 Å². The summed E-state index contributed by atoms with van der Waals surface area (Å²) in [5.41, 5.74) is 1.87. The van der Waals surface area contributed by atoms with Gasteiger partial charge in [0.05, 0.1) is 11.7 Å². The molecule has 1 aliphatic carbocycles. The van der Waals surface area contributed by atoms with Gasteiger partial charge >= 0.3 is 5.97 Å². The number of hydrogen-bond donors (Lipinski definition) is 3. The van der Waals surface area contributed by atoms with E-state index in [1.807, 2.05) is 18.2 Å². The molecule has 2 aliphatic rings. The molecule has 0 bridgehead atoms. The van der Waals surface area contributed by atoms with Crippen molar-refractivity contribution in [3.8, 4) is 28.3 Å². The van der Waals surface area contributed by atoms with Gasteiger partial charge in [0.15, 0.2) is 0 Å². The molecule has 0 spiro atoms. The second-order valence-corrected chi connectivity index (χ2v) is 8.53. The number of halogens is 2. The van der Waals surface area contributed by atoms with Crippen LogP contribution in [-0.4, -0.2) is 50.4 Å². The zero-order valence-electron chi connectivity index (χ0n) is 17.8. The van der Waals surface area contributed by atoms with Crippen molar-refractivity contribution in [2.24, 2.45) is 11.8 Å². The van der Waals surface area contributed by atoms with Crippen molar-refractivity contribution in [3.63, 3.8) is 0 Å². The van der Waals surface area contributed by atoms with Crippen molar-refractivity contribution in [1.82, 2.24) is 25.9 Å². The maximum absolute atomic E-state index is 14.4. The zero-order valence-corrected chi connectivity index (χ0v) is 18.6. The van der Waals surface area contributed by atoms with E-state index in [0.29, 0.717) is 46.5 Å². The Morgan fingerprint density at radius 3 is 2.70 bits per heavy atom. The molecule has 2 aromatic carbocycles. The Morgan fingerprint density at radius 2 is 1.94 bits per heavy atom. The fourth-order valence-corrected chi connectivity index (χ4v) is 4.94. The van der Waals surface area contributed by atoms with Crippen molar-refractivity contribution in [2.45, 2.75) is 37.8 Å². The minimum atomic E-state index is -0.802. The number of tetrazole rings is 1. The number of rotatable bonds is 5. The van der Waals surface area contributed by atoms with Gasteiger partial charge in [-0.1, -0.05) is 24.3 Å². The van der Waals surface area contributed by atoms with E-state index in [2.05, 4.69) is 25.9 Å². The topological polar surface area (TPSA) is 113 Å². The van der Waals surface area contributed by atoms with E-state index in [-0.39, 0.29) is 24.3 Å². The molecular weight excluding hydrogens is 449 g/mol. The Bertz CT molecular complexity index is 1110. The average molecular weight is 474 g/mol. The molecule has 4 atom stereocenters. The van der Waals surface area contributed by atoms with Crippen molar-refractivity contribution in [2.75, 3.05) is 6.54 Å². The molecule has 1 saturated carbocycles. The standard InChI is InChI=1S/C23H24FN5O3.ClH/c24-19-4-2-1-3-17(19)13-6-8-18(22-26-28-29-27-22)21(11-13)32-16-7-5-14-12-25-20(23(30)31)10-15(14)9-16;/h1-4,6,8,11,14-16,20,25H,5,7,9-10,12H2,(H,30,31)(H,26,27,28,29);1H/t14-,15-,16-,20-;/m0./s1. The number of ether oxygens (including phenoxy) is 1. The number of benzene rings is 2. The van der Waals surface area contributed by atoms with E-state index in [1.54, 1.807) is 18.2 Å². The maximum atomic E-state index is 14.4. The molecule has 1 aromatic heterocycles. The van der Waals surface area contributed by atoms with E-state index in [9.17, 15) is 14.3 Å². The third-order valence-electron chi connectivity index (χ3n) is 6.60. The highest BCUT2D eigenvalue weighted by atomic mass is 35.5. The smallest absolute Gasteiger partial charge is 0.320 e. The number of piperidine rings is 1. The molecule has 0 unspecified atom stereocenters. The summed E-state index contributed by atoms with van der Waals surface area (Å²) in [5.74, 6) is 0.622. The maximum Gasteiger partial charge on any atom is 0.320 e. The number of H-pyrrole nitrogens is 1. The summed E-state index contributed by atoms with van der Waals surface area (Å²) >= 11 is 0. The van der Waals surface area contributed by atoms with Crippen molar-refractivity contribution >= 4 is 18.4 Å². The molecule has 10 heteroatoms. The van der Waals surface area contributed by atoms with Crippen LogP contribution in [-0.2, 0) is 4.79 Å². The van der Waals surface area contributed by atoms with Gasteiger partial charge in [0.25, 0.3) is 0 Å². The molecule has 3 aromatic rings. The number of carbonyl (C=O) groups is 1. The highest BCUT2D eigenvalue weighted by molar-refractivity contribution is 5.85. The summed E-state index contributed by atoms with van der Waals surface area (Å²) in [6.45, 7) is 0.727. The Balaban J connectivity index is 0.00000259. The van der Waals surface area contributed by atoms with Gasteiger partial charge in [-0.15, -0.1) is 22.6 Å². The minimum absolute atomic E-state index is 0. The molecular formula is C23H25ClFN5O3. The lowest BCUT2D eigenvalue weighted by molar-refractivity contribution is -0.141. The fraction of sp³-hybridized carbons (Fsp3) is 0.391. The van der Waals surface area contributed by atoms with Crippen LogP contribution in [0.15, 0.2) is 42.5 Å². The Hall–Kier alpha value is -3.04. The highest BCUT2D eigenvalue weighted by Crippen LogP contribution is 2.40. The fourth-order valence-electron chi connectivity index (χ4n) is 4.94. The van der Waals surface area contributed by atoms with E-state index in [1.165, 1.54) is 6.07 Å². The number of nitrogens with zero attached hydrogens (tertiary/aromatic N) is 3. The van der Waals surface area contributed by atoms with Crippen LogP contribution in [0, 0.1) is 17.7 Å². The van der Waals surface area contributed by atoms with Crippen molar-refractivity contribution < 1.29 is 19.0 Å². The second kappa shape index (κ2) is 9.84. The van der Waals surface area contributed by atoms with Crippen LogP contribution in [0.25, 0.3) is 22.5 Å². The van der Waals surface area contributed by atoms with E-state index in [4.69, 9.17) is 4.74 Å². The number of carboxylic acid groups (broad SMARTS) is 1. The Labute approximate surface area is 196 Å². The summed E-state index contributed by atoms with van der Waals surface area (Å²) in [5, 5.41) is 26.8. The minimum Gasteiger partial charge on any atom is -0.490 e. The molecule has 2 fully saturated rings. The van der Waals surface area contributed by atoms with Crippen LogP contribution in [0.2, 0.25) is 0 Å². The number of aromatic amines is 1. The quantitative estimate of drug-likeness (QED) is 0.517. The molecule has 8 nitrogen and oxygen atoms in total. The van der Waals surface area contributed by atoms with E-state index >= 15 is 0 Å². The lowest BCUT2D eigenvalue weighted by Crippen LogP contribution is -2.50. The summed E-state index contributed by atoms with van der Waals surface area (Å²) < 4.78 is 20.8. The van der Waals surface area contributed by atoms with Crippen LogP contribution in [0.5, 0.6) is 5.75 Å². The number of fused-ring (bicyclic) bond motifs is 1. The third-order valence-corrected chi connectivity index (χ3v) is 6.60. The Kier molecular flexibility index (Phi) is 6.90. The summed E-state index contributed by atoms with van der Waals surface area (Å²) in [4.78, 5) is 11.4. The van der Waals surface area contributed by atoms with Crippen LogP contribution in [0.3, 0.4) is 0 Å². The number of aromatic nitrogens is 4. The first-order valence-electron chi connectivity index (χ1n) is 10.8. The van der Waals surface area contributed by atoms with Crippen molar-refractivity contribution in [3.05, 3.63) is 48.3 Å². The first-order chi connectivity index (χ1) is 15.6. The number of carboxylic acids is 1. The van der Waals surface area contributed by atoms with Gasteiger partial charge in [-0.05, 0) is 73.0 Å². The first-order valence-corrected chi connectivity index (χ1v) is 10.8. The summed E-state index contributed by atoms with van der Waals surface area (Å²) in [7, 11) is 0. The van der Waals surface area contributed by atoms with Crippen LogP contribution < -0.4 is 10.1 Å². The number of nitrogens with one attached hydrogen (secondary N) is 2. The molecule has 1 aliphatic heterocycles. The molecule has 0 radical (unpaired) electrons. The van der Waals surface area contributed by atoms with Gasteiger partial charge in [-0.3, -0.25) is 4.79 Å².